The van der Waals surface area contributed by atoms with E-state index in [4.69, 9.17) is 4.74 Å². The molecule has 1 aromatic heterocycles. The summed E-state index contributed by atoms with van der Waals surface area (Å²) in [6, 6.07) is 17.6. The zero-order valence-electron chi connectivity index (χ0n) is 17.2. The fourth-order valence-electron chi connectivity index (χ4n) is 3.40. The third kappa shape index (κ3) is 4.62. The average molecular weight is 390 g/mol. The van der Waals surface area contributed by atoms with Crippen LogP contribution in [0.3, 0.4) is 0 Å². The topological polar surface area (TPSA) is 68.3 Å². The summed E-state index contributed by atoms with van der Waals surface area (Å²) in [5.41, 5.74) is 3.80. The summed E-state index contributed by atoms with van der Waals surface area (Å²) in [5, 5.41) is 3.77. The van der Waals surface area contributed by atoms with Crippen LogP contribution in [0.15, 0.2) is 54.6 Å². The van der Waals surface area contributed by atoms with Crippen molar-refractivity contribution in [2.24, 2.45) is 0 Å². The molecular formula is C24H26N2O3. The van der Waals surface area contributed by atoms with Crippen LogP contribution >= 0.6 is 0 Å². The second-order valence-corrected chi connectivity index (χ2v) is 7.32. The van der Waals surface area contributed by atoms with E-state index >= 15 is 0 Å². The number of amides is 1. The minimum Gasteiger partial charge on any atom is -0.449 e. The lowest BCUT2D eigenvalue weighted by molar-refractivity contribution is -0.129. The number of fused-ring (bicyclic) bond motifs is 1. The van der Waals surface area contributed by atoms with Gasteiger partial charge in [-0.1, -0.05) is 55.5 Å². The number of nitrogens with one attached hydrogen (secondary N) is 1. The highest BCUT2D eigenvalue weighted by Gasteiger charge is 2.23. The van der Waals surface area contributed by atoms with Crippen LogP contribution in [0.5, 0.6) is 0 Å². The molecule has 0 radical (unpaired) electrons. The highest BCUT2D eigenvalue weighted by atomic mass is 16.5. The van der Waals surface area contributed by atoms with Gasteiger partial charge >= 0.3 is 5.97 Å². The molecule has 5 heteroatoms. The lowest BCUT2D eigenvalue weighted by Gasteiger charge is -2.18. The Morgan fingerprint density at radius 1 is 1.00 bits per heavy atom. The molecule has 2 aromatic carbocycles. The van der Waals surface area contributed by atoms with Crippen LogP contribution in [0, 0.1) is 13.8 Å². The molecular weight excluding hydrogens is 364 g/mol. The lowest BCUT2D eigenvalue weighted by Crippen LogP contribution is -2.37. The molecule has 0 aliphatic carbocycles. The van der Waals surface area contributed by atoms with Crippen molar-refractivity contribution in [3.63, 3.8) is 0 Å². The summed E-state index contributed by atoms with van der Waals surface area (Å²) in [6.07, 6.45) is -0.893. The number of nitrogens with zero attached hydrogens (tertiary/aromatic N) is 1. The minimum absolute atomic E-state index is 0.164. The van der Waals surface area contributed by atoms with Gasteiger partial charge in [0.25, 0.3) is 5.91 Å². The van der Waals surface area contributed by atoms with Crippen LogP contribution < -0.4 is 5.32 Å². The molecule has 0 aliphatic heterocycles. The smallest absolute Gasteiger partial charge is 0.341 e. The monoisotopic (exact) mass is 390 g/mol. The maximum Gasteiger partial charge on any atom is 0.341 e. The molecule has 0 saturated carbocycles. The molecule has 3 aromatic rings. The predicted octanol–water partition coefficient (Wildman–Crippen LogP) is 4.32. The Kier molecular flexibility index (Phi) is 6.27. The largest absolute Gasteiger partial charge is 0.449 e. The first kappa shape index (κ1) is 20.5. The molecule has 1 amide bonds. The normalized spacial score (nSPS) is 13.0. The van der Waals surface area contributed by atoms with Gasteiger partial charge in [0, 0.05) is 11.9 Å². The van der Waals surface area contributed by atoms with E-state index in [1.807, 2.05) is 68.4 Å². The van der Waals surface area contributed by atoms with E-state index < -0.39 is 12.1 Å². The van der Waals surface area contributed by atoms with E-state index in [1.165, 1.54) is 0 Å². The number of aromatic nitrogens is 1. The van der Waals surface area contributed by atoms with Gasteiger partial charge in [0.1, 0.15) is 0 Å². The zero-order valence-corrected chi connectivity index (χ0v) is 17.2. The van der Waals surface area contributed by atoms with Crippen molar-refractivity contribution in [2.75, 3.05) is 6.54 Å². The van der Waals surface area contributed by atoms with Crippen LogP contribution in [-0.2, 0) is 9.53 Å². The average Bonchev–Trinajstić information content (AvgIpc) is 2.72. The molecule has 1 N–H and O–H groups in total. The SMILES string of the molecule is Cc1nc2ccccc2c(C)c1C(=O)O[C@@H](C)C(=O)NC[C@H](C)c1ccccc1. The number of esters is 1. The molecule has 5 nitrogen and oxygen atoms in total. The van der Waals surface area contributed by atoms with Gasteiger partial charge in [-0.15, -0.1) is 0 Å². The summed E-state index contributed by atoms with van der Waals surface area (Å²) in [4.78, 5) is 29.7. The first-order valence-corrected chi connectivity index (χ1v) is 9.78. The first-order chi connectivity index (χ1) is 13.9. The number of pyridine rings is 1. The van der Waals surface area contributed by atoms with Crippen LogP contribution in [0.2, 0.25) is 0 Å². The highest BCUT2D eigenvalue weighted by molar-refractivity contribution is 5.99. The van der Waals surface area contributed by atoms with E-state index in [-0.39, 0.29) is 11.8 Å². The number of ether oxygens (including phenoxy) is 1. The number of carbonyl (C=O) groups is 2. The number of aryl methyl sites for hydroxylation is 2. The molecule has 0 spiro atoms. The summed E-state index contributed by atoms with van der Waals surface area (Å²) < 4.78 is 5.46. The third-order valence-corrected chi connectivity index (χ3v) is 5.14. The molecule has 0 bridgehead atoms. The van der Waals surface area contributed by atoms with Gasteiger partial charge in [-0.05, 0) is 43.9 Å². The van der Waals surface area contributed by atoms with E-state index in [0.717, 1.165) is 22.0 Å². The van der Waals surface area contributed by atoms with Crippen molar-refractivity contribution < 1.29 is 14.3 Å². The standard InChI is InChI=1S/C24H26N2O3/c1-15(19-10-6-5-7-11-19)14-25-23(27)18(4)29-24(28)22-16(2)20-12-8-9-13-21(20)26-17(22)3/h5-13,15,18H,14H2,1-4H3,(H,25,27)/t15-,18-/m0/s1. The second-order valence-electron chi connectivity index (χ2n) is 7.32. The van der Waals surface area contributed by atoms with Gasteiger partial charge in [0.15, 0.2) is 6.10 Å². The fourth-order valence-corrected chi connectivity index (χ4v) is 3.40. The maximum atomic E-state index is 12.8. The Morgan fingerprint density at radius 2 is 1.66 bits per heavy atom. The molecule has 0 saturated heterocycles. The summed E-state index contributed by atoms with van der Waals surface area (Å²) in [6.45, 7) is 7.75. The van der Waals surface area contributed by atoms with Crippen molar-refractivity contribution in [2.45, 2.75) is 39.7 Å². The summed E-state index contributed by atoms with van der Waals surface area (Å²) in [7, 11) is 0. The highest BCUT2D eigenvalue weighted by Crippen LogP contribution is 2.23. The maximum absolute atomic E-state index is 12.8. The molecule has 29 heavy (non-hydrogen) atoms. The van der Waals surface area contributed by atoms with Gasteiger partial charge in [-0.3, -0.25) is 9.78 Å². The van der Waals surface area contributed by atoms with Crippen molar-refractivity contribution in [1.29, 1.82) is 0 Å². The number of carbonyl (C=O) groups excluding carboxylic acids is 2. The molecule has 0 unspecified atom stereocenters. The number of hydrogen-bond donors (Lipinski definition) is 1. The Labute approximate surface area is 171 Å². The van der Waals surface area contributed by atoms with Gasteiger partial charge in [-0.25, -0.2) is 4.79 Å². The van der Waals surface area contributed by atoms with Crippen molar-refractivity contribution in [1.82, 2.24) is 10.3 Å². The van der Waals surface area contributed by atoms with Crippen LogP contribution in [0.25, 0.3) is 10.9 Å². The third-order valence-electron chi connectivity index (χ3n) is 5.14. The van der Waals surface area contributed by atoms with Crippen LogP contribution in [-0.4, -0.2) is 29.5 Å². The lowest BCUT2D eigenvalue weighted by atomic mass is 10.0. The molecule has 0 aliphatic rings. The Bertz CT molecular complexity index is 1030. The summed E-state index contributed by atoms with van der Waals surface area (Å²) >= 11 is 0. The van der Waals surface area contributed by atoms with E-state index in [2.05, 4.69) is 10.3 Å². The Hall–Kier alpha value is -3.21. The van der Waals surface area contributed by atoms with Crippen LogP contribution in [0.1, 0.15) is 46.9 Å². The number of rotatable bonds is 6. The first-order valence-electron chi connectivity index (χ1n) is 9.78. The van der Waals surface area contributed by atoms with Gasteiger partial charge in [0.2, 0.25) is 0 Å². The molecule has 1 heterocycles. The number of para-hydroxylation sites is 1. The minimum atomic E-state index is -0.893. The van der Waals surface area contributed by atoms with Crippen molar-refractivity contribution in [3.05, 3.63) is 77.0 Å². The van der Waals surface area contributed by atoms with E-state index in [1.54, 1.807) is 13.8 Å². The molecule has 2 atom stereocenters. The number of benzene rings is 2. The van der Waals surface area contributed by atoms with E-state index in [0.29, 0.717) is 17.8 Å². The summed E-state index contributed by atoms with van der Waals surface area (Å²) in [5.74, 6) is -0.681. The molecule has 3 rings (SSSR count). The fraction of sp³-hybridized carbons (Fsp3) is 0.292. The van der Waals surface area contributed by atoms with Crippen molar-refractivity contribution >= 4 is 22.8 Å². The van der Waals surface area contributed by atoms with E-state index in [9.17, 15) is 9.59 Å². The molecule has 0 fully saturated rings. The van der Waals surface area contributed by atoms with Crippen molar-refractivity contribution in [3.8, 4) is 0 Å². The Morgan fingerprint density at radius 3 is 2.38 bits per heavy atom. The zero-order chi connectivity index (χ0) is 21.0. The van der Waals surface area contributed by atoms with Gasteiger partial charge in [-0.2, -0.15) is 0 Å². The molecule has 150 valence electrons. The van der Waals surface area contributed by atoms with Crippen LogP contribution in [0.4, 0.5) is 0 Å². The second kappa shape index (κ2) is 8.86. The van der Waals surface area contributed by atoms with Gasteiger partial charge in [0.05, 0.1) is 16.8 Å². The van der Waals surface area contributed by atoms with Gasteiger partial charge < -0.3 is 10.1 Å². The Balaban J connectivity index is 1.66. The number of hydrogen-bond acceptors (Lipinski definition) is 4. The predicted molar refractivity (Wildman–Crippen MR) is 114 cm³/mol. The quantitative estimate of drug-likeness (QED) is 0.637.